The van der Waals surface area contributed by atoms with Crippen LogP contribution in [0.2, 0.25) is 5.02 Å². The quantitative estimate of drug-likeness (QED) is 0.570. The summed E-state index contributed by atoms with van der Waals surface area (Å²) in [6, 6.07) is 5.12. The van der Waals surface area contributed by atoms with Crippen molar-refractivity contribution in [1.29, 1.82) is 0 Å². The number of rotatable bonds is 8. The standard InChI is InChI=1S/C14H23ClFN3/c1-3-19(4-2)9-8-12(18-17)10-11-6-5-7-13(15)14(11)16/h5-7,12,18H,3-4,8-10,17H2,1-2H3. The van der Waals surface area contributed by atoms with Gasteiger partial charge >= 0.3 is 0 Å². The third-order valence-corrected chi connectivity index (χ3v) is 3.71. The van der Waals surface area contributed by atoms with Crippen molar-refractivity contribution in [3.05, 3.63) is 34.6 Å². The average Bonchev–Trinajstić information content (AvgIpc) is 2.43. The molecule has 0 aliphatic carbocycles. The van der Waals surface area contributed by atoms with E-state index in [-0.39, 0.29) is 16.9 Å². The number of hydrogen-bond acceptors (Lipinski definition) is 3. The van der Waals surface area contributed by atoms with Gasteiger partial charge < -0.3 is 4.90 Å². The molecule has 0 bridgehead atoms. The highest BCUT2D eigenvalue weighted by molar-refractivity contribution is 6.30. The molecule has 5 heteroatoms. The summed E-state index contributed by atoms with van der Waals surface area (Å²) in [7, 11) is 0. The Kier molecular flexibility index (Phi) is 7.31. The first kappa shape index (κ1) is 16.4. The van der Waals surface area contributed by atoms with Gasteiger partial charge in [-0.25, -0.2) is 4.39 Å². The van der Waals surface area contributed by atoms with E-state index in [2.05, 4.69) is 24.2 Å². The summed E-state index contributed by atoms with van der Waals surface area (Å²) in [6.45, 7) is 7.23. The van der Waals surface area contributed by atoms with Gasteiger partial charge in [0.2, 0.25) is 0 Å². The molecule has 3 nitrogen and oxygen atoms in total. The van der Waals surface area contributed by atoms with Gasteiger partial charge in [-0.15, -0.1) is 0 Å². The molecule has 0 aromatic heterocycles. The summed E-state index contributed by atoms with van der Waals surface area (Å²) in [5.41, 5.74) is 3.37. The van der Waals surface area contributed by atoms with Gasteiger partial charge in [-0.05, 0) is 44.1 Å². The average molecular weight is 288 g/mol. The fourth-order valence-corrected chi connectivity index (χ4v) is 2.29. The van der Waals surface area contributed by atoms with Gasteiger partial charge in [-0.3, -0.25) is 11.3 Å². The van der Waals surface area contributed by atoms with Crippen molar-refractivity contribution in [3.63, 3.8) is 0 Å². The van der Waals surface area contributed by atoms with Crippen molar-refractivity contribution in [2.45, 2.75) is 32.7 Å². The topological polar surface area (TPSA) is 41.3 Å². The van der Waals surface area contributed by atoms with Crippen LogP contribution < -0.4 is 11.3 Å². The third-order valence-electron chi connectivity index (χ3n) is 3.42. The maximum Gasteiger partial charge on any atom is 0.145 e. The molecule has 3 N–H and O–H groups in total. The molecule has 0 aliphatic rings. The lowest BCUT2D eigenvalue weighted by Crippen LogP contribution is -2.40. The lowest BCUT2D eigenvalue weighted by Gasteiger charge is -2.22. The summed E-state index contributed by atoms with van der Waals surface area (Å²) in [4.78, 5) is 2.32. The largest absolute Gasteiger partial charge is 0.304 e. The molecule has 1 unspecified atom stereocenters. The zero-order valence-electron chi connectivity index (χ0n) is 11.6. The first-order valence-electron chi connectivity index (χ1n) is 6.73. The van der Waals surface area contributed by atoms with E-state index in [0.29, 0.717) is 12.0 Å². The van der Waals surface area contributed by atoms with Crippen LogP contribution in [0.1, 0.15) is 25.8 Å². The van der Waals surface area contributed by atoms with Crippen molar-refractivity contribution >= 4 is 11.6 Å². The van der Waals surface area contributed by atoms with Crippen LogP contribution in [0, 0.1) is 5.82 Å². The van der Waals surface area contributed by atoms with Crippen molar-refractivity contribution < 1.29 is 4.39 Å². The molecule has 19 heavy (non-hydrogen) atoms. The Morgan fingerprint density at radius 1 is 1.37 bits per heavy atom. The SMILES string of the molecule is CCN(CC)CCC(Cc1cccc(Cl)c1F)NN. The van der Waals surface area contributed by atoms with Crippen LogP contribution in [0.5, 0.6) is 0 Å². The molecule has 1 rings (SSSR count). The predicted octanol–water partition coefficient (Wildman–Crippen LogP) is 2.59. The van der Waals surface area contributed by atoms with Gasteiger partial charge in [0, 0.05) is 6.04 Å². The van der Waals surface area contributed by atoms with Crippen molar-refractivity contribution in [2.75, 3.05) is 19.6 Å². The number of nitrogens with one attached hydrogen (secondary N) is 1. The first-order chi connectivity index (χ1) is 9.12. The Morgan fingerprint density at radius 2 is 2.05 bits per heavy atom. The Balaban J connectivity index is 2.59. The molecule has 1 aromatic carbocycles. The van der Waals surface area contributed by atoms with Gasteiger partial charge in [-0.1, -0.05) is 37.6 Å². The van der Waals surface area contributed by atoms with Gasteiger partial charge in [0.25, 0.3) is 0 Å². The van der Waals surface area contributed by atoms with Gasteiger partial charge in [0.1, 0.15) is 5.82 Å². The fourth-order valence-electron chi connectivity index (χ4n) is 2.09. The maximum atomic E-state index is 13.8. The minimum absolute atomic E-state index is 0.0496. The van der Waals surface area contributed by atoms with Crippen LogP contribution in [-0.2, 0) is 6.42 Å². The zero-order valence-corrected chi connectivity index (χ0v) is 12.4. The third kappa shape index (κ3) is 5.07. The zero-order chi connectivity index (χ0) is 14.3. The molecule has 0 aliphatic heterocycles. The predicted molar refractivity (Wildman–Crippen MR) is 78.6 cm³/mol. The molecule has 0 saturated carbocycles. The molecule has 0 saturated heterocycles. The van der Waals surface area contributed by atoms with Crippen molar-refractivity contribution in [3.8, 4) is 0 Å². The Morgan fingerprint density at radius 3 is 2.63 bits per heavy atom. The summed E-state index contributed by atoms with van der Waals surface area (Å²) < 4.78 is 13.8. The van der Waals surface area contributed by atoms with Gasteiger partial charge in [-0.2, -0.15) is 0 Å². The molecule has 108 valence electrons. The Bertz CT molecular complexity index is 383. The second-order valence-electron chi connectivity index (χ2n) is 4.60. The number of nitrogens with two attached hydrogens (primary N) is 1. The normalized spacial score (nSPS) is 12.9. The molecule has 0 fully saturated rings. The van der Waals surface area contributed by atoms with E-state index in [1.165, 1.54) is 0 Å². The van der Waals surface area contributed by atoms with Crippen LogP contribution in [-0.4, -0.2) is 30.6 Å². The van der Waals surface area contributed by atoms with Crippen LogP contribution in [0.15, 0.2) is 18.2 Å². The molecule has 0 heterocycles. The summed E-state index contributed by atoms with van der Waals surface area (Å²) in [5, 5.41) is 0.164. The molecular formula is C14H23ClFN3. The molecule has 1 atom stereocenters. The number of benzene rings is 1. The highest BCUT2D eigenvalue weighted by Gasteiger charge is 2.13. The Hall–Kier alpha value is -0.680. The number of nitrogens with zero attached hydrogens (tertiary/aromatic N) is 1. The maximum absolute atomic E-state index is 13.8. The number of hydrazine groups is 1. The summed E-state index contributed by atoms with van der Waals surface area (Å²) >= 11 is 5.78. The second-order valence-corrected chi connectivity index (χ2v) is 5.00. The molecular weight excluding hydrogens is 265 g/mol. The second kappa shape index (κ2) is 8.48. The van der Waals surface area contributed by atoms with E-state index in [0.717, 1.165) is 26.1 Å². The molecule has 0 spiro atoms. The van der Waals surface area contributed by atoms with E-state index in [1.807, 2.05) is 0 Å². The lowest BCUT2D eigenvalue weighted by molar-refractivity contribution is 0.280. The number of halogens is 2. The minimum Gasteiger partial charge on any atom is -0.304 e. The highest BCUT2D eigenvalue weighted by atomic mass is 35.5. The lowest BCUT2D eigenvalue weighted by atomic mass is 10.0. The highest BCUT2D eigenvalue weighted by Crippen LogP contribution is 2.19. The van der Waals surface area contributed by atoms with E-state index in [9.17, 15) is 4.39 Å². The van der Waals surface area contributed by atoms with E-state index < -0.39 is 0 Å². The van der Waals surface area contributed by atoms with Crippen molar-refractivity contribution in [2.24, 2.45) is 5.84 Å². The van der Waals surface area contributed by atoms with Gasteiger partial charge in [0.15, 0.2) is 0 Å². The van der Waals surface area contributed by atoms with Crippen LogP contribution in [0.3, 0.4) is 0 Å². The molecule has 0 amide bonds. The summed E-state index contributed by atoms with van der Waals surface area (Å²) in [6.07, 6.45) is 1.42. The number of hydrogen-bond donors (Lipinski definition) is 2. The first-order valence-corrected chi connectivity index (χ1v) is 7.11. The van der Waals surface area contributed by atoms with E-state index in [1.54, 1.807) is 18.2 Å². The molecule has 1 aromatic rings. The van der Waals surface area contributed by atoms with Crippen LogP contribution in [0.25, 0.3) is 0 Å². The van der Waals surface area contributed by atoms with Crippen molar-refractivity contribution in [1.82, 2.24) is 10.3 Å². The van der Waals surface area contributed by atoms with Crippen LogP contribution >= 0.6 is 11.6 Å². The fraction of sp³-hybridized carbons (Fsp3) is 0.571. The monoisotopic (exact) mass is 287 g/mol. The molecule has 0 radical (unpaired) electrons. The summed E-state index contributed by atoms with van der Waals surface area (Å²) in [5.74, 6) is 5.21. The van der Waals surface area contributed by atoms with E-state index >= 15 is 0 Å². The minimum atomic E-state index is -0.341. The smallest absolute Gasteiger partial charge is 0.145 e. The Labute approximate surface area is 119 Å². The van der Waals surface area contributed by atoms with Crippen LogP contribution in [0.4, 0.5) is 4.39 Å². The van der Waals surface area contributed by atoms with Gasteiger partial charge in [0.05, 0.1) is 5.02 Å². The van der Waals surface area contributed by atoms with E-state index in [4.69, 9.17) is 17.4 Å².